The molecule has 0 saturated carbocycles. The topological polar surface area (TPSA) is 111 Å². The molecule has 0 aliphatic rings. The molecule has 0 aliphatic carbocycles. The van der Waals surface area contributed by atoms with Crippen LogP contribution in [0.25, 0.3) is 10.8 Å². The number of carboxylic acid groups (broad SMARTS) is 1. The SMILES string of the molecule is O=C(O)c1c(O)c(N=Nc2ccc(N(Cc3ccccn3)Cc3ccccn3)cc2)cc2ccccc12. The van der Waals surface area contributed by atoms with Crippen molar-refractivity contribution in [2.75, 3.05) is 4.90 Å². The molecule has 8 nitrogen and oxygen atoms in total. The Morgan fingerprint density at radius 2 is 1.41 bits per heavy atom. The average Bonchev–Trinajstić information content (AvgIpc) is 2.93. The van der Waals surface area contributed by atoms with Crippen molar-refractivity contribution in [2.24, 2.45) is 10.2 Å². The van der Waals surface area contributed by atoms with Crippen LogP contribution in [0.2, 0.25) is 0 Å². The van der Waals surface area contributed by atoms with Gasteiger partial charge < -0.3 is 15.1 Å². The van der Waals surface area contributed by atoms with Gasteiger partial charge in [-0.2, -0.15) is 5.11 Å². The second-order valence-corrected chi connectivity index (χ2v) is 8.36. The minimum absolute atomic E-state index is 0.0899. The molecule has 2 N–H and O–H groups in total. The van der Waals surface area contributed by atoms with E-state index in [2.05, 4.69) is 25.1 Å². The Labute approximate surface area is 213 Å². The third-order valence-electron chi connectivity index (χ3n) is 5.86. The summed E-state index contributed by atoms with van der Waals surface area (Å²) in [4.78, 5) is 22.9. The maximum absolute atomic E-state index is 11.8. The first-order valence-corrected chi connectivity index (χ1v) is 11.6. The lowest BCUT2D eigenvalue weighted by Crippen LogP contribution is -2.23. The van der Waals surface area contributed by atoms with Crippen LogP contribution in [-0.2, 0) is 13.1 Å². The zero-order chi connectivity index (χ0) is 25.6. The average molecular weight is 490 g/mol. The summed E-state index contributed by atoms with van der Waals surface area (Å²) in [7, 11) is 0. The van der Waals surface area contributed by atoms with Crippen LogP contribution in [0.3, 0.4) is 0 Å². The van der Waals surface area contributed by atoms with Crippen molar-refractivity contribution in [3.05, 3.63) is 120 Å². The molecule has 0 spiro atoms. The normalized spacial score (nSPS) is 11.1. The van der Waals surface area contributed by atoms with Gasteiger partial charge in [0.25, 0.3) is 0 Å². The van der Waals surface area contributed by atoms with E-state index in [-0.39, 0.29) is 11.3 Å². The highest BCUT2D eigenvalue weighted by atomic mass is 16.4. The lowest BCUT2D eigenvalue weighted by Gasteiger charge is -2.24. The molecule has 2 aromatic heterocycles. The first-order chi connectivity index (χ1) is 18.1. The Morgan fingerprint density at radius 1 is 0.784 bits per heavy atom. The number of carboxylic acids is 1. The number of hydrogen-bond donors (Lipinski definition) is 2. The van der Waals surface area contributed by atoms with Crippen LogP contribution in [0.1, 0.15) is 21.7 Å². The number of aromatic nitrogens is 2. The van der Waals surface area contributed by atoms with E-state index in [0.717, 1.165) is 17.1 Å². The van der Waals surface area contributed by atoms with Crippen LogP contribution in [0, 0.1) is 0 Å². The summed E-state index contributed by atoms with van der Waals surface area (Å²) < 4.78 is 0. The standard InChI is InChI=1S/C29H23N5O3/c35-28-26(17-20-7-1-2-10-25(20)27(28)29(36)37)33-32-21-11-13-24(14-12-21)34(18-22-8-3-5-15-30-22)19-23-9-4-6-16-31-23/h1-17,35H,18-19H2,(H,36,37). The number of nitrogens with zero attached hydrogens (tertiary/aromatic N) is 5. The molecule has 0 bridgehead atoms. The third-order valence-corrected chi connectivity index (χ3v) is 5.86. The van der Waals surface area contributed by atoms with Gasteiger partial charge in [-0.3, -0.25) is 9.97 Å². The summed E-state index contributed by atoms with van der Waals surface area (Å²) >= 11 is 0. The maximum atomic E-state index is 11.8. The fourth-order valence-electron chi connectivity index (χ4n) is 4.07. The summed E-state index contributed by atoms with van der Waals surface area (Å²) in [5.41, 5.74) is 3.28. The fourth-order valence-corrected chi connectivity index (χ4v) is 4.07. The van der Waals surface area contributed by atoms with Crippen LogP contribution >= 0.6 is 0 Å². The van der Waals surface area contributed by atoms with Gasteiger partial charge in [-0.1, -0.05) is 36.4 Å². The van der Waals surface area contributed by atoms with Gasteiger partial charge in [-0.05, 0) is 60.0 Å². The number of azo groups is 1. The van der Waals surface area contributed by atoms with E-state index in [1.807, 2.05) is 60.7 Å². The summed E-state index contributed by atoms with van der Waals surface area (Å²) in [5, 5.41) is 29.7. The van der Waals surface area contributed by atoms with Crippen LogP contribution < -0.4 is 4.90 Å². The maximum Gasteiger partial charge on any atom is 0.340 e. The molecule has 0 atom stereocenters. The minimum atomic E-state index is -1.23. The van der Waals surface area contributed by atoms with Crippen molar-refractivity contribution < 1.29 is 15.0 Å². The summed E-state index contributed by atoms with van der Waals surface area (Å²) in [5.74, 6) is -1.64. The number of benzene rings is 3. The number of aromatic carboxylic acids is 1. The molecular formula is C29H23N5O3. The van der Waals surface area contributed by atoms with E-state index < -0.39 is 11.7 Å². The first kappa shape index (κ1) is 23.6. The number of hydrogen-bond acceptors (Lipinski definition) is 7. The Hall–Kier alpha value is -5.11. The van der Waals surface area contributed by atoms with Crippen LogP contribution in [0.4, 0.5) is 17.1 Å². The molecule has 8 heteroatoms. The van der Waals surface area contributed by atoms with Gasteiger partial charge in [0.05, 0.1) is 30.2 Å². The first-order valence-electron chi connectivity index (χ1n) is 11.6. The molecule has 0 unspecified atom stereocenters. The molecule has 5 rings (SSSR count). The van der Waals surface area contributed by atoms with Crippen LogP contribution in [0.5, 0.6) is 5.75 Å². The highest BCUT2D eigenvalue weighted by Crippen LogP contribution is 2.37. The van der Waals surface area contributed by atoms with Gasteiger partial charge in [-0.15, -0.1) is 5.11 Å². The lowest BCUT2D eigenvalue weighted by atomic mass is 10.0. The smallest absolute Gasteiger partial charge is 0.340 e. The van der Waals surface area contributed by atoms with Gasteiger partial charge in [0.1, 0.15) is 11.3 Å². The minimum Gasteiger partial charge on any atom is -0.505 e. The third kappa shape index (κ3) is 5.43. The van der Waals surface area contributed by atoms with E-state index in [4.69, 9.17) is 0 Å². The van der Waals surface area contributed by atoms with E-state index in [1.165, 1.54) is 0 Å². The highest BCUT2D eigenvalue weighted by Gasteiger charge is 2.18. The number of phenols is 1. The summed E-state index contributed by atoms with van der Waals surface area (Å²) in [6.07, 6.45) is 3.55. The van der Waals surface area contributed by atoms with Crippen LogP contribution in [0.15, 0.2) is 114 Å². The van der Waals surface area contributed by atoms with Crippen molar-refractivity contribution in [1.29, 1.82) is 0 Å². The number of anilines is 1. The van der Waals surface area contributed by atoms with E-state index in [1.54, 1.807) is 42.7 Å². The summed E-state index contributed by atoms with van der Waals surface area (Å²) in [6, 6.07) is 27.7. The number of aromatic hydroxyl groups is 1. The van der Waals surface area contributed by atoms with Crippen molar-refractivity contribution in [1.82, 2.24) is 9.97 Å². The van der Waals surface area contributed by atoms with Gasteiger partial charge in [0.15, 0.2) is 5.75 Å². The highest BCUT2D eigenvalue weighted by molar-refractivity contribution is 6.08. The molecule has 0 amide bonds. The summed E-state index contributed by atoms with van der Waals surface area (Å²) in [6.45, 7) is 1.20. The quantitative estimate of drug-likeness (QED) is 0.236. The molecule has 3 aromatic carbocycles. The zero-order valence-corrected chi connectivity index (χ0v) is 19.8. The van der Waals surface area contributed by atoms with E-state index in [0.29, 0.717) is 29.5 Å². The number of fused-ring (bicyclic) bond motifs is 1. The Kier molecular flexibility index (Phi) is 6.80. The predicted octanol–water partition coefficient (Wildman–Crippen LogP) is 6.66. The monoisotopic (exact) mass is 489 g/mol. The lowest BCUT2D eigenvalue weighted by molar-refractivity contribution is 0.0696. The Morgan fingerprint density at radius 3 is 2.00 bits per heavy atom. The molecule has 0 saturated heterocycles. The number of rotatable bonds is 8. The van der Waals surface area contributed by atoms with Crippen molar-refractivity contribution >= 4 is 33.8 Å². The molecule has 0 radical (unpaired) electrons. The van der Waals surface area contributed by atoms with Gasteiger partial charge in [0.2, 0.25) is 0 Å². The zero-order valence-electron chi connectivity index (χ0n) is 19.8. The second-order valence-electron chi connectivity index (χ2n) is 8.36. The largest absolute Gasteiger partial charge is 0.505 e. The number of pyridine rings is 2. The van der Waals surface area contributed by atoms with Gasteiger partial charge in [0, 0.05) is 23.5 Å². The van der Waals surface area contributed by atoms with Crippen LogP contribution in [-0.4, -0.2) is 26.2 Å². The van der Waals surface area contributed by atoms with Crippen molar-refractivity contribution in [3.63, 3.8) is 0 Å². The fraction of sp³-hybridized carbons (Fsp3) is 0.0690. The van der Waals surface area contributed by atoms with E-state index >= 15 is 0 Å². The van der Waals surface area contributed by atoms with Crippen molar-refractivity contribution in [3.8, 4) is 5.75 Å². The molecule has 37 heavy (non-hydrogen) atoms. The molecule has 2 heterocycles. The Balaban J connectivity index is 1.42. The van der Waals surface area contributed by atoms with Gasteiger partial charge >= 0.3 is 5.97 Å². The molecule has 0 fully saturated rings. The van der Waals surface area contributed by atoms with Gasteiger partial charge in [-0.25, -0.2) is 4.79 Å². The van der Waals surface area contributed by atoms with Crippen molar-refractivity contribution in [2.45, 2.75) is 13.1 Å². The predicted molar refractivity (Wildman–Crippen MR) is 142 cm³/mol. The number of carbonyl (C=O) groups is 1. The Bertz CT molecular complexity index is 1510. The molecule has 0 aliphatic heterocycles. The second kappa shape index (κ2) is 10.7. The molecular weight excluding hydrogens is 466 g/mol. The molecule has 182 valence electrons. The van der Waals surface area contributed by atoms with E-state index in [9.17, 15) is 15.0 Å². The molecule has 5 aromatic rings.